The van der Waals surface area contributed by atoms with Crippen LogP contribution in [0.25, 0.3) is 0 Å². The van der Waals surface area contributed by atoms with E-state index in [1.54, 1.807) is 4.90 Å². The van der Waals surface area contributed by atoms with E-state index in [1.807, 2.05) is 24.3 Å². The van der Waals surface area contributed by atoms with E-state index in [1.165, 1.54) is 6.08 Å². The third kappa shape index (κ3) is 2.46. The SMILES string of the molecule is C=CC(=O)N1Cc2ccccc2C[C@H]1C(=O)NC1CC1. The van der Waals surface area contributed by atoms with Crippen molar-refractivity contribution >= 4 is 11.8 Å². The summed E-state index contributed by atoms with van der Waals surface area (Å²) in [6, 6.07) is 7.85. The van der Waals surface area contributed by atoms with Gasteiger partial charge in [0.1, 0.15) is 6.04 Å². The monoisotopic (exact) mass is 270 g/mol. The summed E-state index contributed by atoms with van der Waals surface area (Å²) in [7, 11) is 0. The Morgan fingerprint density at radius 1 is 1.25 bits per heavy atom. The molecule has 0 radical (unpaired) electrons. The molecule has 0 aromatic heterocycles. The number of benzene rings is 1. The number of carbonyl (C=O) groups is 2. The Morgan fingerprint density at radius 2 is 1.95 bits per heavy atom. The Balaban J connectivity index is 1.86. The molecular formula is C16H18N2O2. The quantitative estimate of drug-likeness (QED) is 0.844. The van der Waals surface area contributed by atoms with Crippen LogP contribution in [-0.2, 0) is 22.6 Å². The molecule has 2 amide bonds. The molecule has 1 fully saturated rings. The molecule has 0 saturated heterocycles. The molecule has 1 aliphatic carbocycles. The maximum absolute atomic E-state index is 12.3. The Labute approximate surface area is 118 Å². The van der Waals surface area contributed by atoms with Crippen LogP contribution in [0.1, 0.15) is 24.0 Å². The average molecular weight is 270 g/mol. The van der Waals surface area contributed by atoms with Crippen molar-refractivity contribution in [1.29, 1.82) is 0 Å². The molecule has 20 heavy (non-hydrogen) atoms. The number of nitrogens with one attached hydrogen (secondary N) is 1. The summed E-state index contributed by atoms with van der Waals surface area (Å²) in [6.45, 7) is 4.01. The van der Waals surface area contributed by atoms with Crippen LogP contribution in [-0.4, -0.2) is 28.8 Å². The number of rotatable bonds is 3. The standard InChI is InChI=1S/C16H18N2O2/c1-2-15(19)18-10-12-6-4-3-5-11(12)9-14(18)16(20)17-13-7-8-13/h2-6,13-14H,1,7-10H2,(H,17,20)/t14-/m0/s1. The van der Waals surface area contributed by atoms with E-state index < -0.39 is 6.04 Å². The maximum Gasteiger partial charge on any atom is 0.246 e. The molecule has 1 heterocycles. The van der Waals surface area contributed by atoms with E-state index in [4.69, 9.17) is 0 Å². The summed E-state index contributed by atoms with van der Waals surface area (Å²) in [4.78, 5) is 26.0. The second kappa shape index (κ2) is 5.12. The van der Waals surface area contributed by atoms with E-state index in [0.717, 1.165) is 24.0 Å². The maximum atomic E-state index is 12.3. The fourth-order valence-corrected chi connectivity index (χ4v) is 2.63. The average Bonchev–Trinajstić information content (AvgIpc) is 3.29. The Morgan fingerprint density at radius 3 is 2.60 bits per heavy atom. The normalized spacial score (nSPS) is 21.0. The third-order valence-electron chi connectivity index (χ3n) is 3.93. The zero-order valence-electron chi connectivity index (χ0n) is 11.3. The summed E-state index contributed by atoms with van der Waals surface area (Å²) in [5, 5.41) is 3.00. The van der Waals surface area contributed by atoms with Gasteiger partial charge < -0.3 is 10.2 Å². The lowest BCUT2D eigenvalue weighted by Crippen LogP contribution is -2.52. The molecule has 1 atom stereocenters. The summed E-state index contributed by atoms with van der Waals surface area (Å²) in [5.41, 5.74) is 2.26. The number of carbonyl (C=O) groups excluding carboxylic acids is 2. The van der Waals surface area contributed by atoms with Gasteiger partial charge in [0.05, 0.1) is 0 Å². The molecule has 2 aliphatic rings. The highest BCUT2D eigenvalue weighted by molar-refractivity contribution is 5.93. The van der Waals surface area contributed by atoms with E-state index in [-0.39, 0.29) is 11.8 Å². The zero-order chi connectivity index (χ0) is 14.1. The van der Waals surface area contributed by atoms with Gasteiger partial charge in [-0.05, 0) is 30.0 Å². The minimum atomic E-state index is -0.420. The predicted octanol–water partition coefficient (Wildman–Crippen LogP) is 1.40. The zero-order valence-corrected chi connectivity index (χ0v) is 11.3. The van der Waals surface area contributed by atoms with Crippen molar-refractivity contribution < 1.29 is 9.59 Å². The van der Waals surface area contributed by atoms with Crippen LogP contribution in [0.4, 0.5) is 0 Å². The molecule has 1 aromatic rings. The fraction of sp³-hybridized carbons (Fsp3) is 0.375. The molecule has 4 heteroatoms. The Kier molecular flexibility index (Phi) is 3.30. The number of hydrogen-bond acceptors (Lipinski definition) is 2. The van der Waals surface area contributed by atoms with Crippen LogP contribution in [0.2, 0.25) is 0 Å². The lowest BCUT2D eigenvalue weighted by atomic mass is 9.93. The van der Waals surface area contributed by atoms with Gasteiger partial charge in [-0.3, -0.25) is 9.59 Å². The second-order valence-electron chi connectivity index (χ2n) is 5.44. The first-order valence-electron chi connectivity index (χ1n) is 6.99. The minimum Gasteiger partial charge on any atom is -0.352 e. The molecule has 104 valence electrons. The van der Waals surface area contributed by atoms with Crippen LogP contribution in [0.5, 0.6) is 0 Å². The second-order valence-corrected chi connectivity index (χ2v) is 5.44. The molecule has 3 rings (SSSR count). The fourth-order valence-electron chi connectivity index (χ4n) is 2.63. The van der Waals surface area contributed by atoms with Gasteiger partial charge in [0, 0.05) is 19.0 Å². The third-order valence-corrected chi connectivity index (χ3v) is 3.93. The van der Waals surface area contributed by atoms with Crippen molar-refractivity contribution in [2.24, 2.45) is 0 Å². The summed E-state index contributed by atoms with van der Waals surface area (Å²) >= 11 is 0. The van der Waals surface area contributed by atoms with Gasteiger partial charge in [-0.1, -0.05) is 30.8 Å². The van der Waals surface area contributed by atoms with Gasteiger partial charge in [0.2, 0.25) is 11.8 Å². The van der Waals surface area contributed by atoms with Gasteiger partial charge >= 0.3 is 0 Å². The number of hydrogen-bond donors (Lipinski definition) is 1. The van der Waals surface area contributed by atoms with Crippen LogP contribution >= 0.6 is 0 Å². The van der Waals surface area contributed by atoms with Crippen molar-refractivity contribution in [3.8, 4) is 0 Å². The number of nitrogens with zero attached hydrogens (tertiary/aromatic N) is 1. The van der Waals surface area contributed by atoms with Crippen molar-refractivity contribution in [3.63, 3.8) is 0 Å². The van der Waals surface area contributed by atoms with Crippen molar-refractivity contribution in [2.45, 2.75) is 37.9 Å². The highest BCUT2D eigenvalue weighted by Crippen LogP contribution is 2.25. The number of amides is 2. The van der Waals surface area contributed by atoms with E-state index in [2.05, 4.69) is 11.9 Å². The minimum absolute atomic E-state index is 0.0443. The Bertz CT molecular complexity index is 563. The summed E-state index contributed by atoms with van der Waals surface area (Å²) < 4.78 is 0. The van der Waals surface area contributed by atoms with E-state index in [9.17, 15) is 9.59 Å². The van der Waals surface area contributed by atoms with Gasteiger partial charge in [0.15, 0.2) is 0 Å². The first-order chi connectivity index (χ1) is 9.69. The van der Waals surface area contributed by atoms with Crippen LogP contribution in [0, 0.1) is 0 Å². The van der Waals surface area contributed by atoms with E-state index in [0.29, 0.717) is 19.0 Å². The van der Waals surface area contributed by atoms with Crippen LogP contribution in [0.3, 0.4) is 0 Å². The largest absolute Gasteiger partial charge is 0.352 e. The highest BCUT2D eigenvalue weighted by Gasteiger charge is 2.35. The molecule has 0 spiro atoms. The lowest BCUT2D eigenvalue weighted by Gasteiger charge is -2.35. The lowest BCUT2D eigenvalue weighted by molar-refractivity contribution is -0.138. The van der Waals surface area contributed by atoms with Gasteiger partial charge in [-0.2, -0.15) is 0 Å². The molecule has 0 bridgehead atoms. The topological polar surface area (TPSA) is 49.4 Å². The van der Waals surface area contributed by atoms with Crippen molar-refractivity contribution in [3.05, 3.63) is 48.0 Å². The van der Waals surface area contributed by atoms with Crippen LogP contribution < -0.4 is 5.32 Å². The van der Waals surface area contributed by atoms with Gasteiger partial charge in [-0.15, -0.1) is 0 Å². The smallest absolute Gasteiger partial charge is 0.246 e. The highest BCUT2D eigenvalue weighted by atomic mass is 16.2. The van der Waals surface area contributed by atoms with E-state index >= 15 is 0 Å². The molecule has 1 aromatic carbocycles. The van der Waals surface area contributed by atoms with Crippen molar-refractivity contribution in [1.82, 2.24) is 10.2 Å². The predicted molar refractivity (Wildman–Crippen MR) is 75.8 cm³/mol. The first-order valence-corrected chi connectivity index (χ1v) is 6.99. The Hall–Kier alpha value is -2.10. The van der Waals surface area contributed by atoms with Gasteiger partial charge in [0.25, 0.3) is 0 Å². The molecule has 1 N–H and O–H groups in total. The molecule has 4 nitrogen and oxygen atoms in total. The van der Waals surface area contributed by atoms with Crippen molar-refractivity contribution in [2.75, 3.05) is 0 Å². The number of fused-ring (bicyclic) bond motifs is 1. The molecule has 1 aliphatic heterocycles. The summed E-state index contributed by atoms with van der Waals surface area (Å²) in [6.07, 6.45) is 3.95. The molecular weight excluding hydrogens is 252 g/mol. The molecule has 0 unspecified atom stereocenters. The van der Waals surface area contributed by atoms with Gasteiger partial charge in [-0.25, -0.2) is 0 Å². The first kappa shape index (κ1) is 12.9. The molecule has 1 saturated carbocycles. The van der Waals surface area contributed by atoms with Crippen LogP contribution in [0.15, 0.2) is 36.9 Å². The summed E-state index contributed by atoms with van der Waals surface area (Å²) in [5.74, 6) is -0.229.